The first-order valence-corrected chi connectivity index (χ1v) is 6.76. The Hall–Kier alpha value is -0.770. The van der Waals surface area contributed by atoms with Crippen LogP contribution in [0.1, 0.15) is 46.5 Å². The van der Waals surface area contributed by atoms with Gasteiger partial charge in [0.15, 0.2) is 0 Å². The van der Waals surface area contributed by atoms with Crippen LogP contribution in [0.2, 0.25) is 0 Å². The predicted octanol–water partition coefficient (Wildman–Crippen LogP) is 1.85. The number of hydrogen-bond acceptors (Lipinski definition) is 2. The quantitative estimate of drug-likeness (QED) is 0.703. The fourth-order valence-corrected chi connectivity index (χ4v) is 3.03. The molecule has 2 unspecified atom stereocenters. The molecule has 0 saturated heterocycles. The maximum atomic E-state index is 11.5. The van der Waals surface area contributed by atoms with E-state index in [0.717, 1.165) is 25.8 Å². The molecule has 100 valence electrons. The van der Waals surface area contributed by atoms with Gasteiger partial charge < -0.3 is 16.4 Å². The number of rotatable bonds is 4. The largest absolute Gasteiger partial charge is 0.338 e. The van der Waals surface area contributed by atoms with Crippen LogP contribution in [0, 0.1) is 11.8 Å². The predicted molar refractivity (Wildman–Crippen MR) is 70.8 cm³/mol. The molecule has 0 aromatic heterocycles. The molecule has 0 bridgehead atoms. The van der Waals surface area contributed by atoms with Crippen LogP contribution in [0.4, 0.5) is 4.79 Å². The second kappa shape index (κ2) is 6.24. The van der Waals surface area contributed by atoms with Gasteiger partial charge in [-0.2, -0.15) is 0 Å². The van der Waals surface area contributed by atoms with Crippen molar-refractivity contribution in [3.05, 3.63) is 0 Å². The number of urea groups is 1. The summed E-state index contributed by atoms with van der Waals surface area (Å²) in [7, 11) is 0. The van der Waals surface area contributed by atoms with E-state index in [0.29, 0.717) is 18.4 Å². The molecule has 0 aromatic carbocycles. The molecule has 1 saturated carbocycles. The molecular formula is C13H27N3O. The zero-order valence-electron chi connectivity index (χ0n) is 11.4. The Morgan fingerprint density at radius 1 is 1.29 bits per heavy atom. The van der Waals surface area contributed by atoms with Crippen molar-refractivity contribution in [1.29, 1.82) is 0 Å². The van der Waals surface area contributed by atoms with Crippen LogP contribution in [0.25, 0.3) is 0 Å². The first-order chi connectivity index (χ1) is 7.95. The van der Waals surface area contributed by atoms with Crippen molar-refractivity contribution >= 4 is 6.03 Å². The average molecular weight is 241 g/mol. The van der Waals surface area contributed by atoms with Crippen molar-refractivity contribution in [2.75, 3.05) is 13.1 Å². The lowest BCUT2D eigenvalue weighted by atomic mass is 9.72. The summed E-state index contributed by atoms with van der Waals surface area (Å²) in [5, 5.41) is 5.70. The summed E-state index contributed by atoms with van der Waals surface area (Å²) < 4.78 is 0. The van der Waals surface area contributed by atoms with Gasteiger partial charge in [-0.1, -0.05) is 20.8 Å². The summed E-state index contributed by atoms with van der Waals surface area (Å²) in [6.45, 7) is 7.82. The van der Waals surface area contributed by atoms with E-state index in [-0.39, 0.29) is 11.6 Å². The van der Waals surface area contributed by atoms with Crippen molar-refractivity contribution < 1.29 is 4.79 Å². The summed E-state index contributed by atoms with van der Waals surface area (Å²) in [5.41, 5.74) is 6.15. The van der Waals surface area contributed by atoms with Crippen molar-refractivity contribution in [3.8, 4) is 0 Å². The fraction of sp³-hybridized carbons (Fsp3) is 0.923. The first-order valence-electron chi connectivity index (χ1n) is 6.76. The van der Waals surface area contributed by atoms with E-state index < -0.39 is 0 Å². The normalized spacial score (nSPS) is 33.2. The van der Waals surface area contributed by atoms with Crippen LogP contribution < -0.4 is 16.4 Å². The third-order valence-electron chi connectivity index (χ3n) is 3.45. The molecule has 1 fully saturated rings. The van der Waals surface area contributed by atoms with Crippen LogP contribution in [-0.2, 0) is 0 Å². The van der Waals surface area contributed by atoms with Crippen LogP contribution in [0.5, 0.6) is 0 Å². The highest BCUT2D eigenvalue weighted by Gasteiger charge is 2.34. The summed E-state index contributed by atoms with van der Waals surface area (Å²) >= 11 is 0. The Morgan fingerprint density at radius 3 is 2.41 bits per heavy atom. The maximum Gasteiger partial charge on any atom is 0.314 e. The molecule has 4 heteroatoms. The number of amides is 2. The second-order valence-corrected chi connectivity index (χ2v) is 5.83. The molecule has 17 heavy (non-hydrogen) atoms. The van der Waals surface area contributed by atoms with Gasteiger partial charge in [0.05, 0.1) is 0 Å². The molecule has 2 atom stereocenters. The molecule has 0 aliphatic heterocycles. The zero-order chi connectivity index (χ0) is 12.9. The Balaban J connectivity index is 2.36. The monoisotopic (exact) mass is 241 g/mol. The fourth-order valence-electron chi connectivity index (χ4n) is 3.03. The highest BCUT2D eigenvalue weighted by molar-refractivity contribution is 5.73. The Kier molecular flexibility index (Phi) is 5.25. The van der Waals surface area contributed by atoms with E-state index >= 15 is 0 Å². The minimum Gasteiger partial charge on any atom is -0.338 e. The van der Waals surface area contributed by atoms with E-state index in [9.17, 15) is 4.79 Å². The SMILES string of the molecule is CCCNC(=O)NCC1(N)CC(C)CC(C)C1. The maximum absolute atomic E-state index is 11.5. The van der Waals surface area contributed by atoms with E-state index in [1.54, 1.807) is 0 Å². The van der Waals surface area contributed by atoms with Crippen LogP contribution in [0.3, 0.4) is 0 Å². The van der Waals surface area contributed by atoms with Gasteiger partial charge in [0, 0.05) is 18.6 Å². The molecule has 0 heterocycles. The Labute approximate surface area is 105 Å². The van der Waals surface area contributed by atoms with Gasteiger partial charge in [-0.05, 0) is 37.5 Å². The molecule has 0 spiro atoms. The van der Waals surface area contributed by atoms with Gasteiger partial charge >= 0.3 is 6.03 Å². The molecule has 1 aliphatic carbocycles. The molecule has 0 aromatic rings. The van der Waals surface area contributed by atoms with Crippen LogP contribution in [-0.4, -0.2) is 24.7 Å². The van der Waals surface area contributed by atoms with Gasteiger partial charge in [-0.15, -0.1) is 0 Å². The van der Waals surface area contributed by atoms with Gasteiger partial charge in [-0.25, -0.2) is 4.79 Å². The molecule has 1 rings (SSSR count). The smallest absolute Gasteiger partial charge is 0.314 e. The molecular weight excluding hydrogens is 214 g/mol. The molecule has 1 aliphatic rings. The molecule has 4 nitrogen and oxygen atoms in total. The van der Waals surface area contributed by atoms with E-state index in [2.05, 4.69) is 24.5 Å². The number of hydrogen-bond donors (Lipinski definition) is 3. The second-order valence-electron chi connectivity index (χ2n) is 5.83. The summed E-state index contributed by atoms with van der Waals surface area (Å²) in [6, 6.07) is -0.0949. The van der Waals surface area contributed by atoms with Gasteiger partial charge in [0.2, 0.25) is 0 Å². The summed E-state index contributed by atoms with van der Waals surface area (Å²) in [5.74, 6) is 1.31. The van der Waals surface area contributed by atoms with E-state index in [4.69, 9.17) is 5.73 Å². The lowest BCUT2D eigenvalue weighted by Crippen LogP contribution is -2.55. The molecule has 2 amide bonds. The number of nitrogens with one attached hydrogen (secondary N) is 2. The lowest BCUT2D eigenvalue weighted by molar-refractivity contribution is 0.177. The minimum absolute atomic E-state index is 0.0949. The van der Waals surface area contributed by atoms with Crippen LogP contribution >= 0.6 is 0 Å². The highest BCUT2D eigenvalue weighted by atomic mass is 16.2. The standard InChI is InChI=1S/C13H27N3O/c1-4-5-15-12(17)16-9-13(14)7-10(2)6-11(3)8-13/h10-11H,4-9,14H2,1-3H3,(H2,15,16,17). The number of nitrogens with two attached hydrogens (primary N) is 1. The molecule has 4 N–H and O–H groups in total. The zero-order valence-corrected chi connectivity index (χ0v) is 11.4. The van der Waals surface area contributed by atoms with Gasteiger partial charge in [-0.3, -0.25) is 0 Å². The third kappa shape index (κ3) is 4.94. The minimum atomic E-state index is -0.222. The lowest BCUT2D eigenvalue weighted by Gasteiger charge is -2.40. The number of carbonyl (C=O) groups excluding carboxylic acids is 1. The van der Waals surface area contributed by atoms with Crippen molar-refractivity contribution in [2.24, 2.45) is 17.6 Å². The topological polar surface area (TPSA) is 67.2 Å². The van der Waals surface area contributed by atoms with Gasteiger partial charge in [0.25, 0.3) is 0 Å². The van der Waals surface area contributed by atoms with Crippen LogP contribution in [0.15, 0.2) is 0 Å². The van der Waals surface area contributed by atoms with Gasteiger partial charge in [0.1, 0.15) is 0 Å². The molecule has 0 radical (unpaired) electrons. The first kappa shape index (κ1) is 14.3. The summed E-state index contributed by atoms with van der Waals surface area (Å²) in [4.78, 5) is 11.5. The van der Waals surface area contributed by atoms with E-state index in [1.165, 1.54) is 6.42 Å². The van der Waals surface area contributed by atoms with Crippen molar-refractivity contribution in [2.45, 2.75) is 52.0 Å². The summed E-state index contributed by atoms with van der Waals surface area (Å²) in [6.07, 6.45) is 4.22. The van der Waals surface area contributed by atoms with E-state index in [1.807, 2.05) is 6.92 Å². The van der Waals surface area contributed by atoms with Crippen molar-refractivity contribution in [1.82, 2.24) is 10.6 Å². The Bertz CT molecular complexity index is 245. The highest BCUT2D eigenvalue weighted by Crippen LogP contribution is 2.33. The number of carbonyl (C=O) groups is 1. The average Bonchev–Trinajstić information content (AvgIpc) is 2.21. The third-order valence-corrected chi connectivity index (χ3v) is 3.45. The Morgan fingerprint density at radius 2 is 1.88 bits per heavy atom. The van der Waals surface area contributed by atoms with Crippen molar-refractivity contribution in [3.63, 3.8) is 0 Å².